The first-order valence-corrected chi connectivity index (χ1v) is 11.2. The minimum absolute atomic E-state index is 0.0735. The van der Waals surface area contributed by atoms with Crippen molar-refractivity contribution >= 4 is 10.0 Å². The summed E-state index contributed by atoms with van der Waals surface area (Å²) in [6.45, 7) is 7.15. The van der Waals surface area contributed by atoms with E-state index < -0.39 is 10.0 Å². The van der Waals surface area contributed by atoms with Crippen molar-refractivity contribution in [3.63, 3.8) is 0 Å². The molecule has 0 saturated carbocycles. The lowest BCUT2D eigenvalue weighted by Crippen LogP contribution is -2.45. The Labute approximate surface area is 167 Å². The number of ether oxygens (including phenoxy) is 2. The second-order valence-corrected chi connectivity index (χ2v) is 8.49. The van der Waals surface area contributed by atoms with Crippen LogP contribution in [0.2, 0.25) is 0 Å². The zero-order valence-corrected chi connectivity index (χ0v) is 17.2. The van der Waals surface area contributed by atoms with Crippen LogP contribution in [-0.2, 0) is 16.4 Å². The lowest BCUT2D eigenvalue weighted by molar-refractivity contribution is 0.171. The van der Waals surface area contributed by atoms with Gasteiger partial charge in [0.25, 0.3) is 0 Å². The van der Waals surface area contributed by atoms with Crippen LogP contribution in [0, 0.1) is 0 Å². The van der Waals surface area contributed by atoms with Crippen molar-refractivity contribution < 1.29 is 17.9 Å². The lowest BCUT2D eigenvalue weighted by atomic mass is 10.0. The number of nitrogens with one attached hydrogen (secondary N) is 1. The Morgan fingerprint density at radius 2 is 1.68 bits per heavy atom. The van der Waals surface area contributed by atoms with Gasteiger partial charge in [0.2, 0.25) is 10.0 Å². The number of likely N-dealkylation sites (N-methyl/N-ethyl adjacent to an activating group) is 1. The van der Waals surface area contributed by atoms with Crippen molar-refractivity contribution in [1.82, 2.24) is 9.62 Å². The van der Waals surface area contributed by atoms with Crippen molar-refractivity contribution in [1.29, 1.82) is 0 Å². The Kier molecular flexibility index (Phi) is 6.93. The summed E-state index contributed by atoms with van der Waals surface area (Å²) in [6.07, 6.45) is 0.784. The van der Waals surface area contributed by atoms with E-state index in [1.165, 1.54) is 11.6 Å². The molecule has 0 amide bonds. The molecule has 0 spiro atoms. The van der Waals surface area contributed by atoms with E-state index >= 15 is 0 Å². The van der Waals surface area contributed by atoms with Crippen LogP contribution in [0.4, 0.5) is 0 Å². The number of fused-ring (bicyclic) bond motifs is 1. The van der Waals surface area contributed by atoms with Crippen LogP contribution in [0.5, 0.6) is 11.5 Å². The van der Waals surface area contributed by atoms with Crippen LogP contribution < -0.4 is 14.2 Å². The quantitative estimate of drug-likeness (QED) is 0.696. The average molecular weight is 405 g/mol. The van der Waals surface area contributed by atoms with Crippen LogP contribution >= 0.6 is 0 Å². The summed E-state index contributed by atoms with van der Waals surface area (Å²) in [5.74, 6) is 1.05. The highest BCUT2D eigenvalue weighted by molar-refractivity contribution is 7.89. The molecule has 152 valence electrons. The smallest absolute Gasteiger partial charge is 0.240 e. The van der Waals surface area contributed by atoms with Gasteiger partial charge in [0, 0.05) is 18.7 Å². The Bertz CT molecular complexity index is 867. The van der Waals surface area contributed by atoms with Crippen LogP contribution in [0.1, 0.15) is 19.4 Å². The topological polar surface area (TPSA) is 67.9 Å². The normalized spacial score (nSPS) is 14.8. The monoisotopic (exact) mass is 404 g/mol. The molecule has 0 fully saturated rings. The molecule has 28 heavy (non-hydrogen) atoms. The first-order chi connectivity index (χ1) is 13.5. The highest BCUT2D eigenvalue weighted by atomic mass is 32.2. The molecule has 2 aromatic carbocycles. The number of rotatable bonds is 9. The number of sulfonamides is 1. The van der Waals surface area contributed by atoms with Crippen LogP contribution in [0.25, 0.3) is 0 Å². The number of hydrogen-bond donors (Lipinski definition) is 1. The fourth-order valence-electron chi connectivity index (χ4n) is 3.44. The first kappa shape index (κ1) is 20.6. The SMILES string of the molecule is CCN(CC)[C@@H](CNS(=O)(=O)c1ccc2c(c1)OCCO2)Cc1ccccc1. The standard InChI is InChI=1S/C21H28N2O4S/c1-3-23(4-2)18(14-17-8-6-5-7-9-17)16-22-28(24,25)19-10-11-20-21(15-19)27-13-12-26-20/h5-11,15,18,22H,3-4,12-14,16H2,1-2H3/t18-/m1/s1. The first-order valence-electron chi connectivity index (χ1n) is 9.70. The summed E-state index contributed by atoms with van der Waals surface area (Å²) in [4.78, 5) is 2.47. The molecule has 6 nitrogen and oxygen atoms in total. The molecule has 0 saturated heterocycles. The molecule has 0 radical (unpaired) electrons. The van der Waals surface area contributed by atoms with Gasteiger partial charge in [0.15, 0.2) is 11.5 Å². The van der Waals surface area contributed by atoms with Gasteiger partial charge in [-0.25, -0.2) is 13.1 Å². The number of hydrogen-bond acceptors (Lipinski definition) is 5. The summed E-state index contributed by atoms with van der Waals surface area (Å²) in [7, 11) is -3.64. The zero-order chi connectivity index (χ0) is 20.0. The van der Waals surface area contributed by atoms with Crippen molar-refractivity contribution in [2.24, 2.45) is 0 Å². The molecular weight excluding hydrogens is 376 g/mol. The van der Waals surface area contributed by atoms with Gasteiger partial charge in [-0.15, -0.1) is 0 Å². The van der Waals surface area contributed by atoms with E-state index in [0.717, 1.165) is 19.5 Å². The van der Waals surface area contributed by atoms with Gasteiger partial charge in [-0.3, -0.25) is 4.90 Å². The lowest BCUT2D eigenvalue weighted by Gasteiger charge is -2.30. The fourth-order valence-corrected chi connectivity index (χ4v) is 4.52. The average Bonchev–Trinajstić information content (AvgIpc) is 2.73. The predicted molar refractivity (Wildman–Crippen MR) is 109 cm³/mol. The van der Waals surface area contributed by atoms with Crippen molar-refractivity contribution in [2.75, 3.05) is 32.8 Å². The van der Waals surface area contributed by atoms with E-state index in [1.54, 1.807) is 12.1 Å². The van der Waals surface area contributed by atoms with Gasteiger partial charge in [0.1, 0.15) is 13.2 Å². The summed E-state index contributed by atoms with van der Waals surface area (Å²) in [5, 5.41) is 0. The van der Waals surface area contributed by atoms with E-state index in [2.05, 4.69) is 35.6 Å². The van der Waals surface area contributed by atoms with Crippen LogP contribution in [0.15, 0.2) is 53.4 Å². The van der Waals surface area contributed by atoms with Crippen molar-refractivity contribution in [2.45, 2.75) is 31.2 Å². The highest BCUT2D eigenvalue weighted by Crippen LogP contribution is 2.32. The third kappa shape index (κ3) is 5.04. The Balaban J connectivity index is 1.73. The highest BCUT2D eigenvalue weighted by Gasteiger charge is 2.23. The van der Waals surface area contributed by atoms with Gasteiger partial charge >= 0.3 is 0 Å². The minimum atomic E-state index is -3.64. The maximum absolute atomic E-state index is 12.8. The van der Waals surface area contributed by atoms with Gasteiger partial charge in [-0.2, -0.15) is 0 Å². The molecule has 1 atom stereocenters. The minimum Gasteiger partial charge on any atom is -0.486 e. The second kappa shape index (κ2) is 9.41. The molecule has 1 aliphatic rings. The Hall–Kier alpha value is -2.09. The van der Waals surface area contributed by atoms with Gasteiger partial charge in [0.05, 0.1) is 4.90 Å². The molecule has 7 heteroatoms. The van der Waals surface area contributed by atoms with Gasteiger partial charge in [-0.05, 0) is 37.2 Å². The second-order valence-electron chi connectivity index (χ2n) is 6.72. The third-order valence-corrected chi connectivity index (χ3v) is 6.40. The molecule has 1 aliphatic heterocycles. The zero-order valence-electron chi connectivity index (χ0n) is 16.4. The van der Waals surface area contributed by atoms with Crippen LogP contribution in [0.3, 0.4) is 0 Å². The third-order valence-electron chi connectivity index (χ3n) is 4.98. The predicted octanol–water partition coefficient (Wildman–Crippen LogP) is 2.69. The number of nitrogens with zero attached hydrogens (tertiary/aromatic N) is 1. The fraction of sp³-hybridized carbons (Fsp3) is 0.429. The van der Waals surface area contributed by atoms with Crippen LogP contribution in [-0.4, -0.2) is 52.2 Å². The largest absolute Gasteiger partial charge is 0.486 e. The van der Waals surface area contributed by atoms with Gasteiger partial charge < -0.3 is 9.47 Å². The van der Waals surface area contributed by atoms with E-state index in [4.69, 9.17) is 9.47 Å². The van der Waals surface area contributed by atoms with E-state index in [0.29, 0.717) is 31.3 Å². The van der Waals surface area contributed by atoms with Crippen molar-refractivity contribution in [3.05, 3.63) is 54.1 Å². The molecule has 1 N–H and O–H groups in total. The molecular formula is C21H28N2O4S. The van der Waals surface area contributed by atoms with E-state index in [9.17, 15) is 8.42 Å². The summed E-state index contributed by atoms with van der Waals surface area (Å²) in [6, 6.07) is 15.0. The summed E-state index contributed by atoms with van der Waals surface area (Å²) >= 11 is 0. The van der Waals surface area contributed by atoms with E-state index in [1.807, 2.05) is 18.2 Å². The van der Waals surface area contributed by atoms with Crippen molar-refractivity contribution in [3.8, 4) is 11.5 Å². The summed E-state index contributed by atoms with van der Waals surface area (Å²) < 4.78 is 39.5. The Morgan fingerprint density at radius 1 is 1.00 bits per heavy atom. The van der Waals surface area contributed by atoms with E-state index in [-0.39, 0.29) is 10.9 Å². The number of benzene rings is 2. The molecule has 0 unspecified atom stereocenters. The molecule has 2 aromatic rings. The molecule has 0 aliphatic carbocycles. The summed E-state index contributed by atoms with van der Waals surface area (Å²) in [5.41, 5.74) is 1.19. The maximum atomic E-state index is 12.8. The molecule has 1 heterocycles. The Morgan fingerprint density at radius 3 is 2.36 bits per heavy atom. The molecule has 3 rings (SSSR count). The molecule has 0 bridgehead atoms. The molecule has 0 aromatic heterocycles. The van der Waals surface area contributed by atoms with Gasteiger partial charge in [-0.1, -0.05) is 44.2 Å². The maximum Gasteiger partial charge on any atom is 0.240 e.